The van der Waals surface area contributed by atoms with Crippen molar-refractivity contribution in [3.05, 3.63) is 57.6 Å². The van der Waals surface area contributed by atoms with E-state index < -0.39 is 22.4 Å². The van der Waals surface area contributed by atoms with Crippen LogP contribution in [-0.4, -0.2) is 35.9 Å². The van der Waals surface area contributed by atoms with Gasteiger partial charge in [-0.2, -0.15) is 13.2 Å². The summed E-state index contributed by atoms with van der Waals surface area (Å²) in [5, 5.41) is 23.8. The van der Waals surface area contributed by atoms with Crippen LogP contribution >= 0.6 is 0 Å². The Balaban J connectivity index is 2.01. The van der Waals surface area contributed by atoms with Crippen LogP contribution in [0.4, 0.5) is 24.5 Å². The largest absolute Gasteiger partial charge is 0.504 e. The van der Waals surface area contributed by atoms with Crippen LogP contribution in [0.2, 0.25) is 0 Å². The number of hydrogen-bond acceptors (Lipinski definition) is 6. The molecule has 0 amide bonds. The molecule has 0 heterocycles. The monoisotopic (exact) mass is 397 g/mol. The van der Waals surface area contributed by atoms with Crippen molar-refractivity contribution in [1.82, 2.24) is 0 Å². The maximum atomic E-state index is 12.7. The summed E-state index contributed by atoms with van der Waals surface area (Å²) in [6, 6.07) is 7.22. The van der Waals surface area contributed by atoms with Crippen molar-refractivity contribution < 1.29 is 27.9 Å². The standard InChI is InChI=1S/C18H18F3N3O4/c1-2-28-16-5-3-4-12(17(16)25)11-22-8-9-23-14-7-6-13(18(19,20)21)10-15(14)24(26)27/h3-7,10-11,23,25H,2,8-9H2,1H3. The number of aromatic hydroxyl groups is 1. The highest BCUT2D eigenvalue weighted by atomic mass is 19.4. The fraction of sp³-hybridized carbons (Fsp3) is 0.278. The van der Waals surface area contributed by atoms with Gasteiger partial charge in [0, 0.05) is 24.4 Å². The number of ether oxygens (including phenoxy) is 1. The van der Waals surface area contributed by atoms with Crippen LogP contribution in [0.3, 0.4) is 0 Å². The van der Waals surface area contributed by atoms with Crippen molar-refractivity contribution >= 4 is 17.6 Å². The van der Waals surface area contributed by atoms with Gasteiger partial charge in [-0.15, -0.1) is 0 Å². The third-order valence-corrected chi connectivity index (χ3v) is 3.64. The molecule has 0 aliphatic rings. The van der Waals surface area contributed by atoms with Gasteiger partial charge < -0.3 is 15.2 Å². The Kier molecular flexibility index (Phi) is 6.80. The second-order valence-corrected chi connectivity index (χ2v) is 5.58. The Bertz CT molecular complexity index is 870. The van der Waals surface area contributed by atoms with E-state index >= 15 is 0 Å². The predicted octanol–water partition coefficient (Wildman–Crippen LogP) is 4.25. The molecule has 0 spiro atoms. The maximum Gasteiger partial charge on any atom is 0.416 e. The number of alkyl halides is 3. The zero-order valence-electron chi connectivity index (χ0n) is 14.9. The number of anilines is 1. The number of nitro benzene ring substituents is 1. The summed E-state index contributed by atoms with van der Waals surface area (Å²) >= 11 is 0. The molecule has 0 unspecified atom stereocenters. The zero-order valence-corrected chi connectivity index (χ0v) is 14.9. The van der Waals surface area contributed by atoms with E-state index in [1.54, 1.807) is 25.1 Å². The second-order valence-electron chi connectivity index (χ2n) is 5.58. The molecule has 7 nitrogen and oxygen atoms in total. The molecular formula is C18H18F3N3O4. The molecule has 2 aromatic rings. The van der Waals surface area contributed by atoms with E-state index in [1.165, 1.54) is 6.21 Å². The highest BCUT2D eigenvalue weighted by molar-refractivity contribution is 5.84. The average molecular weight is 397 g/mol. The van der Waals surface area contributed by atoms with Crippen LogP contribution in [-0.2, 0) is 6.18 Å². The van der Waals surface area contributed by atoms with Crippen LogP contribution in [0.5, 0.6) is 11.5 Å². The smallest absolute Gasteiger partial charge is 0.416 e. The van der Waals surface area contributed by atoms with Crippen LogP contribution in [0, 0.1) is 10.1 Å². The number of hydrogen-bond donors (Lipinski definition) is 2. The van der Waals surface area contributed by atoms with Gasteiger partial charge in [-0.1, -0.05) is 6.07 Å². The average Bonchev–Trinajstić information content (AvgIpc) is 2.63. The van der Waals surface area contributed by atoms with Crippen molar-refractivity contribution in [3.63, 3.8) is 0 Å². The molecule has 10 heteroatoms. The molecule has 2 rings (SSSR count). The van der Waals surface area contributed by atoms with Crippen molar-refractivity contribution in [2.24, 2.45) is 4.99 Å². The van der Waals surface area contributed by atoms with Gasteiger partial charge in [0.15, 0.2) is 11.5 Å². The lowest BCUT2D eigenvalue weighted by molar-refractivity contribution is -0.384. The molecule has 150 valence electrons. The number of nitro groups is 1. The van der Waals surface area contributed by atoms with E-state index in [1.807, 2.05) is 0 Å². The number of para-hydroxylation sites is 1. The Morgan fingerprint density at radius 2 is 2.07 bits per heavy atom. The molecule has 0 saturated heterocycles. The van der Waals surface area contributed by atoms with E-state index in [9.17, 15) is 28.4 Å². The van der Waals surface area contributed by atoms with Gasteiger partial charge in [-0.3, -0.25) is 15.1 Å². The third-order valence-electron chi connectivity index (χ3n) is 3.64. The van der Waals surface area contributed by atoms with Gasteiger partial charge in [0.2, 0.25) is 0 Å². The van der Waals surface area contributed by atoms with E-state index in [-0.39, 0.29) is 24.5 Å². The minimum Gasteiger partial charge on any atom is -0.504 e. The molecule has 0 bridgehead atoms. The molecule has 2 N–H and O–H groups in total. The van der Waals surface area contributed by atoms with E-state index in [0.717, 1.165) is 12.1 Å². The summed E-state index contributed by atoms with van der Waals surface area (Å²) < 4.78 is 43.3. The summed E-state index contributed by atoms with van der Waals surface area (Å²) in [4.78, 5) is 14.2. The van der Waals surface area contributed by atoms with Gasteiger partial charge in [-0.25, -0.2) is 0 Å². The quantitative estimate of drug-likeness (QED) is 0.300. The van der Waals surface area contributed by atoms with Gasteiger partial charge >= 0.3 is 6.18 Å². The van der Waals surface area contributed by atoms with Crippen LogP contribution in [0.1, 0.15) is 18.1 Å². The number of phenols is 1. The van der Waals surface area contributed by atoms with Gasteiger partial charge in [-0.05, 0) is 31.2 Å². The van der Waals surface area contributed by atoms with Crippen LogP contribution in [0.25, 0.3) is 0 Å². The predicted molar refractivity (Wildman–Crippen MR) is 98.3 cm³/mol. The van der Waals surface area contributed by atoms with Crippen molar-refractivity contribution in [2.45, 2.75) is 13.1 Å². The highest BCUT2D eigenvalue weighted by Crippen LogP contribution is 2.35. The topological polar surface area (TPSA) is 97.0 Å². The summed E-state index contributed by atoms with van der Waals surface area (Å²) in [5.74, 6) is 0.268. The Morgan fingerprint density at radius 3 is 2.71 bits per heavy atom. The first kappa shape index (κ1) is 21.0. The van der Waals surface area contributed by atoms with Crippen molar-refractivity contribution in [2.75, 3.05) is 25.0 Å². The number of halogens is 3. The van der Waals surface area contributed by atoms with Crippen molar-refractivity contribution in [3.8, 4) is 11.5 Å². The number of nitrogens with one attached hydrogen (secondary N) is 1. The Hall–Kier alpha value is -3.30. The molecular weight excluding hydrogens is 379 g/mol. The first-order chi connectivity index (χ1) is 13.2. The summed E-state index contributed by atoms with van der Waals surface area (Å²) in [6.07, 6.45) is -3.24. The third kappa shape index (κ3) is 5.35. The minimum atomic E-state index is -4.66. The fourth-order valence-electron chi connectivity index (χ4n) is 2.34. The molecule has 0 aliphatic heterocycles. The van der Waals surface area contributed by atoms with E-state index in [4.69, 9.17) is 4.74 Å². The van der Waals surface area contributed by atoms with Crippen LogP contribution in [0.15, 0.2) is 41.4 Å². The first-order valence-corrected chi connectivity index (χ1v) is 8.28. The lowest BCUT2D eigenvalue weighted by Crippen LogP contribution is -2.10. The molecule has 28 heavy (non-hydrogen) atoms. The fourth-order valence-corrected chi connectivity index (χ4v) is 2.34. The molecule has 0 aliphatic carbocycles. The van der Waals surface area contributed by atoms with Crippen molar-refractivity contribution in [1.29, 1.82) is 0 Å². The van der Waals surface area contributed by atoms with Gasteiger partial charge in [0.25, 0.3) is 5.69 Å². The lowest BCUT2D eigenvalue weighted by Gasteiger charge is -2.10. The van der Waals surface area contributed by atoms with Gasteiger partial charge in [0.05, 0.1) is 23.6 Å². The summed E-state index contributed by atoms with van der Waals surface area (Å²) in [6.45, 7) is 2.50. The molecule has 0 saturated carbocycles. The van der Waals surface area contributed by atoms with Gasteiger partial charge in [0.1, 0.15) is 5.69 Å². The highest BCUT2D eigenvalue weighted by Gasteiger charge is 2.32. The SMILES string of the molecule is CCOc1cccc(C=NCCNc2ccc(C(F)(F)F)cc2[N+](=O)[O-])c1O. The number of nitrogens with zero attached hydrogens (tertiary/aromatic N) is 2. The first-order valence-electron chi connectivity index (χ1n) is 8.28. The Labute approximate surface area is 158 Å². The summed E-state index contributed by atoms with van der Waals surface area (Å²) in [5.41, 5.74) is -1.35. The molecule has 0 fully saturated rings. The lowest BCUT2D eigenvalue weighted by atomic mass is 10.1. The normalized spacial score (nSPS) is 11.6. The number of aliphatic imine (C=N–C) groups is 1. The Morgan fingerprint density at radius 1 is 1.32 bits per heavy atom. The number of benzene rings is 2. The minimum absolute atomic E-state index is 0.0330. The number of phenolic OH excluding ortho intramolecular Hbond substituents is 1. The zero-order chi connectivity index (χ0) is 20.7. The second kappa shape index (κ2) is 9.07. The molecule has 0 aromatic heterocycles. The summed E-state index contributed by atoms with van der Waals surface area (Å²) in [7, 11) is 0. The number of rotatable bonds is 8. The molecule has 0 atom stereocenters. The van der Waals surface area contributed by atoms with Crippen LogP contribution < -0.4 is 10.1 Å². The molecule has 2 aromatic carbocycles. The maximum absolute atomic E-state index is 12.7. The van der Waals surface area contributed by atoms with E-state index in [0.29, 0.717) is 24.0 Å². The van der Waals surface area contributed by atoms with E-state index in [2.05, 4.69) is 10.3 Å². The molecule has 0 radical (unpaired) electrons.